The molecule has 1 aromatic rings. The minimum absolute atomic E-state index is 0.0219. The molecule has 0 saturated heterocycles. The summed E-state index contributed by atoms with van der Waals surface area (Å²) >= 11 is 5.47. The Hall–Kier alpha value is -1.53. The predicted molar refractivity (Wildman–Crippen MR) is 69.5 cm³/mol. The highest BCUT2D eigenvalue weighted by atomic mass is 35.5. The Morgan fingerprint density at radius 1 is 1.53 bits per heavy atom. The molecule has 19 heavy (non-hydrogen) atoms. The first kappa shape index (κ1) is 15.5. The van der Waals surface area contributed by atoms with E-state index in [0.717, 1.165) is 13.2 Å². The van der Waals surface area contributed by atoms with Crippen LogP contribution in [0.1, 0.15) is 10.4 Å². The highest BCUT2D eigenvalue weighted by molar-refractivity contribution is 6.18. The fourth-order valence-corrected chi connectivity index (χ4v) is 1.59. The standard InChI is InChI=1S/C12H15ClFNO4/c1-18-11-9(15-6-7(16)5-13)4-3-8(14)10(11)12(17)19-2/h3-4,7,15-16H,5-6H2,1-2H3. The van der Waals surface area contributed by atoms with E-state index in [0.29, 0.717) is 5.69 Å². The van der Waals surface area contributed by atoms with Crippen molar-refractivity contribution in [2.24, 2.45) is 0 Å². The molecule has 0 amide bonds. The number of nitrogens with one attached hydrogen (secondary N) is 1. The minimum atomic E-state index is -0.837. The van der Waals surface area contributed by atoms with E-state index in [1.165, 1.54) is 13.2 Å². The molecule has 0 aliphatic heterocycles. The molecule has 0 bridgehead atoms. The van der Waals surface area contributed by atoms with Gasteiger partial charge in [-0.05, 0) is 12.1 Å². The Labute approximate surface area is 115 Å². The molecular formula is C12H15ClFNO4. The lowest BCUT2D eigenvalue weighted by Crippen LogP contribution is -2.21. The van der Waals surface area contributed by atoms with Crippen molar-refractivity contribution in [3.8, 4) is 5.75 Å². The van der Waals surface area contributed by atoms with Crippen LogP contribution in [0.3, 0.4) is 0 Å². The third-order valence-electron chi connectivity index (χ3n) is 2.41. The topological polar surface area (TPSA) is 67.8 Å². The SMILES string of the molecule is COC(=O)c1c(F)ccc(NCC(O)CCl)c1OC. The summed E-state index contributed by atoms with van der Waals surface area (Å²) < 4.78 is 23.2. The van der Waals surface area contributed by atoms with Crippen LogP contribution in [0.4, 0.5) is 10.1 Å². The predicted octanol–water partition coefficient (Wildman–Crippen LogP) is 1.63. The first-order valence-electron chi connectivity index (χ1n) is 5.47. The van der Waals surface area contributed by atoms with Crippen LogP contribution < -0.4 is 10.1 Å². The highest BCUT2D eigenvalue weighted by Gasteiger charge is 2.22. The van der Waals surface area contributed by atoms with E-state index < -0.39 is 17.9 Å². The molecular weight excluding hydrogens is 277 g/mol. The number of carbonyl (C=O) groups excluding carboxylic acids is 1. The highest BCUT2D eigenvalue weighted by Crippen LogP contribution is 2.31. The van der Waals surface area contributed by atoms with Gasteiger partial charge in [-0.1, -0.05) is 0 Å². The average Bonchev–Trinajstić information content (AvgIpc) is 2.44. The normalized spacial score (nSPS) is 11.8. The van der Waals surface area contributed by atoms with E-state index in [4.69, 9.17) is 16.3 Å². The zero-order valence-corrected chi connectivity index (χ0v) is 11.3. The maximum absolute atomic E-state index is 13.6. The maximum Gasteiger partial charge on any atom is 0.344 e. The molecule has 106 valence electrons. The second-order valence-corrected chi connectivity index (χ2v) is 3.99. The Morgan fingerprint density at radius 3 is 2.74 bits per heavy atom. The van der Waals surface area contributed by atoms with E-state index in [1.807, 2.05) is 0 Å². The molecule has 0 heterocycles. The number of benzene rings is 1. The molecule has 2 N–H and O–H groups in total. The summed E-state index contributed by atoms with van der Waals surface area (Å²) in [7, 11) is 2.46. The molecule has 0 saturated carbocycles. The zero-order chi connectivity index (χ0) is 14.4. The zero-order valence-electron chi connectivity index (χ0n) is 10.6. The minimum Gasteiger partial charge on any atom is -0.494 e. The molecule has 1 rings (SSSR count). The lowest BCUT2D eigenvalue weighted by Gasteiger charge is -2.16. The van der Waals surface area contributed by atoms with Gasteiger partial charge in [-0.25, -0.2) is 9.18 Å². The van der Waals surface area contributed by atoms with Gasteiger partial charge >= 0.3 is 5.97 Å². The maximum atomic E-state index is 13.6. The number of hydrogen-bond acceptors (Lipinski definition) is 5. The number of anilines is 1. The van der Waals surface area contributed by atoms with Crippen LogP contribution >= 0.6 is 11.6 Å². The lowest BCUT2D eigenvalue weighted by atomic mass is 10.1. The molecule has 1 aromatic carbocycles. The summed E-state index contributed by atoms with van der Waals surface area (Å²) in [5.74, 6) is -1.50. The van der Waals surface area contributed by atoms with E-state index >= 15 is 0 Å². The molecule has 0 fully saturated rings. The molecule has 0 radical (unpaired) electrons. The summed E-state index contributed by atoms with van der Waals surface area (Å²) in [6.45, 7) is 0.145. The molecule has 0 spiro atoms. The van der Waals surface area contributed by atoms with Crippen molar-refractivity contribution in [1.29, 1.82) is 0 Å². The fraction of sp³-hybridized carbons (Fsp3) is 0.417. The Bertz CT molecular complexity index is 456. The molecule has 0 aliphatic carbocycles. The summed E-state index contributed by atoms with van der Waals surface area (Å²) in [6, 6.07) is 2.52. The van der Waals surface area contributed by atoms with Crippen molar-refractivity contribution in [2.75, 3.05) is 32.0 Å². The van der Waals surface area contributed by atoms with Crippen LogP contribution in [0.5, 0.6) is 5.75 Å². The Kier molecular flexibility index (Phi) is 5.85. The summed E-state index contributed by atoms with van der Waals surface area (Å²) in [4.78, 5) is 11.5. The van der Waals surface area contributed by atoms with Gasteiger partial charge in [0.25, 0.3) is 0 Å². The number of carbonyl (C=O) groups is 1. The fourth-order valence-electron chi connectivity index (χ4n) is 1.48. The van der Waals surface area contributed by atoms with E-state index in [2.05, 4.69) is 10.1 Å². The number of aliphatic hydroxyl groups excluding tert-OH is 1. The van der Waals surface area contributed by atoms with Crippen molar-refractivity contribution < 1.29 is 23.8 Å². The smallest absolute Gasteiger partial charge is 0.344 e. The second-order valence-electron chi connectivity index (χ2n) is 3.68. The van der Waals surface area contributed by atoms with Crippen LogP contribution in [-0.4, -0.2) is 43.8 Å². The number of aliphatic hydroxyl groups is 1. The molecule has 0 aromatic heterocycles. The molecule has 1 atom stereocenters. The summed E-state index contributed by atoms with van der Waals surface area (Å²) in [5.41, 5.74) is 0.0730. The van der Waals surface area contributed by atoms with Gasteiger partial charge in [0.05, 0.1) is 31.9 Å². The van der Waals surface area contributed by atoms with Crippen LogP contribution in [0.2, 0.25) is 0 Å². The summed E-state index contributed by atoms with van der Waals surface area (Å²) in [5, 5.41) is 12.2. The Balaban J connectivity index is 3.09. The first-order chi connectivity index (χ1) is 9.04. The second kappa shape index (κ2) is 7.16. The van der Waals surface area contributed by atoms with Crippen molar-refractivity contribution in [2.45, 2.75) is 6.10 Å². The van der Waals surface area contributed by atoms with Gasteiger partial charge in [0, 0.05) is 6.54 Å². The number of alkyl halides is 1. The van der Waals surface area contributed by atoms with E-state index in [9.17, 15) is 14.3 Å². The number of methoxy groups -OCH3 is 2. The van der Waals surface area contributed by atoms with Gasteiger partial charge in [-0.2, -0.15) is 0 Å². The van der Waals surface area contributed by atoms with Gasteiger partial charge in [-0.3, -0.25) is 0 Å². The van der Waals surface area contributed by atoms with E-state index in [-0.39, 0.29) is 23.7 Å². The molecule has 1 unspecified atom stereocenters. The number of ether oxygens (including phenoxy) is 2. The van der Waals surface area contributed by atoms with Crippen molar-refractivity contribution in [3.05, 3.63) is 23.5 Å². The van der Waals surface area contributed by atoms with Gasteiger partial charge in [0.15, 0.2) is 5.75 Å². The first-order valence-corrected chi connectivity index (χ1v) is 6.01. The Morgan fingerprint density at radius 2 is 2.21 bits per heavy atom. The van der Waals surface area contributed by atoms with Gasteiger partial charge < -0.3 is 19.9 Å². The van der Waals surface area contributed by atoms with Crippen LogP contribution in [-0.2, 0) is 4.74 Å². The lowest BCUT2D eigenvalue weighted by molar-refractivity contribution is 0.0591. The van der Waals surface area contributed by atoms with Crippen LogP contribution in [0, 0.1) is 5.82 Å². The monoisotopic (exact) mass is 291 g/mol. The molecule has 7 heteroatoms. The van der Waals surface area contributed by atoms with Crippen LogP contribution in [0.25, 0.3) is 0 Å². The van der Waals surface area contributed by atoms with Gasteiger partial charge in [0.1, 0.15) is 11.4 Å². The van der Waals surface area contributed by atoms with Crippen molar-refractivity contribution in [3.63, 3.8) is 0 Å². The molecule has 5 nitrogen and oxygen atoms in total. The van der Waals surface area contributed by atoms with Crippen molar-refractivity contribution >= 4 is 23.3 Å². The molecule has 0 aliphatic rings. The van der Waals surface area contributed by atoms with Gasteiger partial charge in [0.2, 0.25) is 0 Å². The third kappa shape index (κ3) is 3.71. The number of halogens is 2. The number of esters is 1. The quantitative estimate of drug-likeness (QED) is 0.616. The van der Waals surface area contributed by atoms with Gasteiger partial charge in [-0.15, -0.1) is 11.6 Å². The average molecular weight is 292 g/mol. The number of hydrogen-bond donors (Lipinski definition) is 2. The third-order valence-corrected chi connectivity index (χ3v) is 2.76. The number of rotatable bonds is 6. The summed E-state index contributed by atoms with van der Waals surface area (Å²) in [6.07, 6.45) is -0.766. The largest absolute Gasteiger partial charge is 0.494 e. The van der Waals surface area contributed by atoms with Crippen LogP contribution in [0.15, 0.2) is 12.1 Å². The van der Waals surface area contributed by atoms with E-state index in [1.54, 1.807) is 0 Å². The van der Waals surface area contributed by atoms with Crippen molar-refractivity contribution in [1.82, 2.24) is 0 Å².